The fourth-order valence-electron chi connectivity index (χ4n) is 1.81. The minimum atomic E-state index is 0.278. The summed E-state index contributed by atoms with van der Waals surface area (Å²) in [5.41, 5.74) is 1.17. The topological polar surface area (TPSA) is 30.5 Å². The molecule has 18 heavy (non-hydrogen) atoms. The number of ether oxygens (including phenoxy) is 2. The maximum atomic E-state index is 5.42. The van der Waals surface area contributed by atoms with Crippen molar-refractivity contribution in [3.8, 4) is 11.5 Å². The van der Waals surface area contributed by atoms with Crippen LogP contribution in [-0.2, 0) is 0 Å². The van der Waals surface area contributed by atoms with E-state index in [9.17, 15) is 0 Å². The van der Waals surface area contributed by atoms with E-state index in [2.05, 4.69) is 32.2 Å². The number of hydrogen-bond acceptors (Lipinski definition) is 3. The number of methoxy groups -OCH3 is 2. The molecule has 0 amide bonds. The van der Waals surface area contributed by atoms with Crippen molar-refractivity contribution >= 4 is 0 Å². The Hall–Kier alpha value is -1.22. The van der Waals surface area contributed by atoms with Crippen LogP contribution in [0.5, 0.6) is 11.5 Å². The quantitative estimate of drug-likeness (QED) is 0.805. The van der Waals surface area contributed by atoms with E-state index in [1.807, 2.05) is 12.1 Å². The average molecular weight is 251 g/mol. The van der Waals surface area contributed by atoms with Gasteiger partial charge in [0.1, 0.15) is 11.5 Å². The molecule has 0 saturated carbocycles. The lowest BCUT2D eigenvalue weighted by molar-refractivity contribution is 0.382. The molecule has 0 spiro atoms. The van der Waals surface area contributed by atoms with Crippen molar-refractivity contribution in [1.82, 2.24) is 5.32 Å². The van der Waals surface area contributed by atoms with Crippen LogP contribution in [0.4, 0.5) is 0 Å². The van der Waals surface area contributed by atoms with Crippen LogP contribution in [0.15, 0.2) is 18.2 Å². The highest BCUT2D eigenvalue weighted by molar-refractivity contribution is 5.42. The summed E-state index contributed by atoms with van der Waals surface area (Å²) in [4.78, 5) is 0. The van der Waals surface area contributed by atoms with Gasteiger partial charge in [-0.2, -0.15) is 0 Å². The Balaban J connectivity index is 2.75. The molecule has 0 radical (unpaired) electrons. The van der Waals surface area contributed by atoms with E-state index in [1.165, 1.54) is 12.0 Å². The smallest absolute Gasteiger partial charge is 0.127 e. The molecule has 0 heterocycles. The zero-order valence-electron chi connectivity index (χ0n) is 12.1. The molecular weight excluding hydrogens is 226 g/mol. The van der Waals surface area contributed by atoms with Crippen molar-refractivity contribution in [2.45, 2.75) is 33.2 Å². The number of nitrogens with one attached hydrogen (secondary N) is 1. The molecule has 0 aromatic heterocycles. The van der Waals surface area contributed by atoms with Gasteiger partial charge in [-0.25, -0.2) is 0 Å². The molecule has 2 atom stereocenters. The second kappa shape index (κ2) is 7.27. The van der Waals surface area contributed by atoms with Crippen LogP contribution in [0.2, 0.25) is 0 Å². The summed E-state index contributed by atoms with van der Waals surface area (Å²) in [5.74, 6) is 2.39. The third-order valence-electron chi connectivity index (χ3n) is 3.38. The Morgan fingerprint density at radius 1 is 1.17 bits per heavy atom. The van der Waals surface area contributed by atoms with E-state index in [4.69, 9.17) is 9.47 Å². The fourth-order valence-corrected chi connectivity index (χ4v) is 1.81. The van der Waals surface area contributed by atoms with Crippen LogP contribution >= 0.6 is 0 Å². The van der Waals surface area contributed by atoms with Crippen LogP contribution in [0, 0.1) is 5.92 Å². The predicted molar refractivity (Wildman–Crippen MR) is 75.4 cm³/mol. The number of hydrogen-bond donors (Lipinski definition) is 1. The average Bonchev–Trinajstić information content (AvgIpc) is 2.43. The fraction of sp³-hybridized carbons (Fsp3) is 0.600. The normalized spacial score (nSPS) is 14.1. The first-order valence-corrected chi connectivity index (χ1v) is 6.57. The molecule has 0 saturated heterocycles. The van der Waals surface area contributed by atoms with E-state index >= 15 is 0 Å². The summed E-state index contributed by atoms with van der Waals surface area (Å²) >= 11 is 0. The third-order valence-corrected chi connectivity index (χ3v) is 3.38. The molecule has 1 aromatic carbocycles. The van der Waals surface area contributed by atoms with E-state index in [-0.39, 0.29) is 6.04 Å². The van der Waals surface area contributed by atoms with E-state index < -0.39 is 0 Å². The molecule has 3 nitrogen and oxygen atoms in total. The standard InChI is InChI=1S/C15H25NO2/c1-6-11(2)10-16-12(3)14-8-7-13(17-4)9-15(14)18-5/h7-9,11-12,16H,6,10H2,1-5H3. The number of benzene rings is 1. The van der Waals surface area contributed by atoms with E-state index in [0.717, 1.165) is 18.0 Å². The lowest BCUT2D eigenvalue weighted by Gasteiger charge is -2.20. The molecule has 0 aliphatic rings. The van der Waals surface area contributed by atoms with Gasteiger partial charge in [0.25, 0.3) is 0 Å². The maximum Gasteiger partial charge on any atom is 0.127 e. The van der Waals surface area contributed by atoms with E-state index in [0.29, 0.717) is 5.92 Å². The second-order valence-electron chi connectivity index (χ2n) is 4.75. The monoisotopic (exact) mass is 251 g/mol. The highest BCUT2D eigenvalue weighted by Gasteiger charge is 2.12. The van der Waals surface area contributed by atoms with Crippen molar-refractivity contribution in [1.29, 1.82) is 0 Å². The van der Waals surface area contributed by atoms with Crippen molar-refractivity contribution in [3.05, 3.63) is 23.8 Å². The maximum absolute atomic E-state index is 5.42. The minimum absolute atomic E-state index is 0.278. The second-order valence-corrected chi connectivity index (χ2v) is 4.75. The van der Waals surface area contributed by atoms with Crippen LogP contribution in [-0.4, -0.2) is 20.8 Å². The molecule has 0 aliphatic carbocycles. The summed E-state index contributed by atoms with van der Waals surface area (Å²) in [7, 11) is 3.36. The molecule has 1 aromatic rings. The first kappa shape index (κ1) is 14.8. The van der Waals surface area contributed by atoms with Crippen molar-refractivity contribution in [3.63, 3.8) is 0 Å². The zero-order chi connectivity index (χ0) is 13.5. The highest BCUT2D eigenvalue weighted by atomic mass is 16.5. The summed E-state index contributed by atoms with van der Waals surface area (Å²) < 4.78 is 10.6. The van der Waals surface area contributed by atoms with Gasteiger partial charge in [-0.15, -0.1) is 0 Å². The van der Waals surface area contributed by atoms with Crippen molar-refractivity contribution in [2.24, 2.45) is 5.92 Å². The predicted octanol–water partition coefficient (Wildman–Crippen LogP) is 3.40. The lowest BCUT2D eigenvalue weighted by atomic mass is 10.0. The van der Waals surface area contributed by atoms with Gasteiger partial charge >= 0.3 is 0 Å². The SMILES string of the molecule is CCC(C)CNC(C)c1ccc(OC)cc1OC. The van der Waals surface area contributed by atoms with Crippen LogP contribution < -0.4 is 14.8 Å². The Bertz CT molecular complexity index is 366. The molecule has 1 N–H and O–H groups in total. The molecule has 0 aliphatic heterocycles. The van der Waals surface area contributed by atoms with Crippen LogP contribution in [0.3, 0.4) is 0 Å². The number of rotatable bonds is 7. The van der Waals surface area contributed by atoms with Crippen molar-refractivity contribution in [2.75, 3.05) is 20.8 Å². The van der Waals surface area contributed by atoms with Gasteiger partial charge in [-0.05, 0) is 25.5 Å². The van der Waals surface area contributed by atoms with Gasteiger partial charge in [0.2, 0.25) is 0 Å². The Morgan fingerprint density at radius 3 is 2.44 bits per heavy atom. The summed E-state index contributed by atoms with van der Waals surface area (Å²) in [6.45, 7) is 7.65. The molecule has 2 unspecified atom stereocenters. The van der Waals surface area contributed by atoms with Gasteiger partial charge in [0, 0.05) is 17.7 Å². The van der Waals surface area contributed by atoms with Gasteiger partial charge < -0.3 is 14.8 Å². The Labute approximate surface area is 110 Å². The first-order valence-electron chi connectivity index (χ1n) is 6.57. The Kier molecular flexibility index (Phi) is 5.99. The van der Waals surface area contributed by atoms with Crippen molar-refractivity contribution < 1.29 is 9.47 Å². The van der Waals surface area contributed by atoms with Crippen LogP contribution in [0.1, 0.15) is 38.8 Å². The Morgan fingerprint density at radius 2 is 1.89 bits per heavy atom. The molecule has 102 valence electrons. The van der Waals surface area contributed by atoms with Gasteiger partial charge in [0.15, 0.2) is 0 Å². The molecule has 1 rings (SSSR count). The van der Waals surface area contributed by atoms with Gasteiger partial charge in [0.05, 0.1) is 14.2 Å². The summed E-state index contributed by atoms with van der Waals surface area (Å²) in [5, 5.41) is 3.54. The molecule has 3 heteroatoms. The van der Waals surface area contributed by atoms with Crippen LogP contribution in [0.25, 0.3) is 0 Å². The van der Waals surface area contributed by atoms with Gasteiger partial charge in [-0.1, -0.05) is 26.3 Å². The lowest BCUT2D eigenvalue weighted by Crippen LogP contribution is -2.24. The zero-order valence-corrected chi connectivity index (χ0v) is 12.1. The first-order chi connectivity index (χ1) is 8.62. The molecule has 0 bridgehead atoms. The molecular formula is C15H25NO2. The minimum Gasteiger partial charge on any atom is -0.497 e. The highest BCUT2D eigenvalue weighted by Crippen LogP contribution is 2.29. The summed E-state index contributed by atoms with van der Waals surface area (Å²) in [6, 6.07) is 6.24. The summed E-state index contributed by atoms with van der Waals surface area (Å²) in [6.07, 6.45) is 1.19. The van der Waals surface area contributed by atoms with E-state index in [1.54, 1.807) is 14.2 Å². The third kappa shape index (κ3) is 3.91. The largest absolute Gasteiger partial charge is 0.497 e. The van der Waals surface area contributed by atoms with Gasteiger partial charge in [-0.3, -0.25) is 0 Å². The molecule has 0 fully saturated rings.